The Kier molecular flexibility index (Phi) is 7.65. The van der Waals surface area contributed by atoms with Crippen molar-refractivity contribution in [2.45, 2.75) is 32.9 Å². The van der Waals surface area contributed by atoms with E-state index < -0.39 is 5.97 Å². The number of nitrogens with one attached hydrogen (secondary N) is 2. The summed E-state index contributed by atoms with van der Waals surface area (Å²) in [6.07, 6.45) is 3.05. The molecule has 4 aromatic rings. The maximum atomic E-state index is 13.1. The van der Waals surface area contributed by atoms with E-state index in [1.54, 1.807) is 6.20 Å². The summed E-state index contributed by atoms with van der Waals surface area (Å²) in [5, 5.41) is 7.04. The first-order chi connectivity index (χ1) is 18.5. The maximum Gasteiger partial charge on any atom is 0.356 e. The SMILES string of the molecule is COC(=O)c1c(NC(=O)[C@H]2CCOC2)c2cc(NCc3cccc(C)n3)cnc2n1CCc1ccccc1. The van der Waals surface area contributed by atoms with Crippen molar-refractivity contribution in [1.82, 2.24) is 14.5 Å². The minimum atomic E-state index is -0.535. The second kappa shape index (κ2) is 11.4. The van der Waals surface area contributed by atoms with E-state index in [4.69, 9.17) is 14.5 Å². The zero-order valence-corrected chi connectivity index (χ0v) is 21.6. The molecule has 0 unspecified atom stereocenters. The number of benzene rings is 1. The number of methoxy groups -OCH3 is 1. The van der Waals surface area contributed by atoms with E-state index in [1.165, 1.54) is 7.11 Å². The van der Waals surface area contributed by atoms with Gasteiger partial charge < -0.3 is 24.7 Å². The first kappa shape index (κ1) is 25.4. The Hall–Kier alpha value is -4.24. The highest BCUT2D eigenvalue weighted by Crippen LogP contribution is 2.34. The summed E-state index contributed by atoms with van der Waals surface area (Å²) in [6, 6.07) is 17.8. The van der Waals surface area contributed by atoms with E-state index in [0.717, 1.165) is 22.6 Å². The molecule has 196 valence electrons. The normalized spacial score (nSPS) is 14.9. The third-order valence-electron chi connectivity index (χ3n) is 6.71. The smallest absolute Gasteiger partial charge is 0.356 e. The topological polar surface area (TPSA) is 107 Å². The lowest BCUT2D eigenvalue weighted by molar-refractivity contribution is -0.119. The van der Waals surface area contributed by atoms with Crippen LogP contribution >= 0.6 is 0 Å². The average molecular weight is 514 g/mol. The van der Waals surface area contributed by atoms with Gasteiger partial charge in [-0.25, -0.2) is 9.78 Å². The molecule has 1 saturated heterocycles. The molecule has 0 spiro atoms. The van der Waals surface area contributed by atoms with E-state index in [9.17, 15) is 9.59 Å². The van der Waals surface area contributed by atoms with Gasteiger partial charge in [-0.15, -0.1) is 0 Å². The molecular formula is C29H31N5O4. The highest BCUT2D eigenvalue weighted by molar-refractivity contribution is 6.11. The van der Waals surface area contributed by atoms with E-state index in [2.05, 4.69) is 15.6 Å². The summed E-state index contributed by atoms with van der Waals surface area (Å²) in [7, 11) is 1.34. The zero-order valence-electron chi connectivity index (χ0n) is 21.6. The van der Waals surface area contributed by atoms with Crippen LogP contribution in [0.4, 0.5) is 11.4 Å². The second-order valence-corrected chi connectivity index (χ2v) is 9.37. The molecule has 1 fully saturated rings. The molecule has 3 aromatic heterocycles. The highest BCUT2D eigenvalue weighted by atomic mass is 16.5. The fraction of sp³-hybridized carbons (Fsp3) is 0.310. The Balaban J connectivity index is 1.54. The summed E-state index contributed by atoms with van der Waals surface area (Å²) in [6.45, 7) is 3.85. The number of aromatic nitrogens is 3. The van der Waals surface area contributed by atoms with Crippen LogP contribution in [0.5, 0.6) is 0 Å². The predicted molar refractivity (Wildman–Crippen MR) is 145 cm³/mol. The Labute approximate surface area is 221 Å². The number of esters is 1. The summed E-state index contributed by atoms with van der Waals surface area (Å²) in [4.78, 5) is 35.5. The Morgan fingerprint density at radius 1 is 1.16 bits per heavy atom. The molecule has 1 aliphatic heterocycles. The van der Waals surface area contributed by atoms with Crippen LogP contribution in [-0.2, 0) is 33.8 Å². The van der Waals surface area contributed by atoms with Crippen LogP contribution < -0.4 is 10.6 Å². The van der Waals surface area contributed by atoms with Gasteiger partial charge in [0.15, 0.2) is 5.69 Å². The van der Waals surface area contributed by atoms with Crippen molar-refractivity contribution in [2.75, 3.05) is 31.0 Å². The number of amides is 1. The molecular weight excluding hydrogens is 482 g/mol. The summed E-state index contributed by atoms with van der Waals surface area (Å²) in [5.41, 5.74) is 4.99. The zero-order chi connectivity index (χ0) is 26.5. The van der Waals surface area contributed by atoms with Crippen molar-refractivity contribution >= 4 is 34.3 Å². The van der Waals surface area contributed by atoms with E-state index in [-0.39, 0.29) is 17.5 Å². The molecule has 1 atom stereocenters. The number of nitrogens with zero attached hydrogens (tertiary/aromatic N) is 3. The number of hydrogen-bond donors (Lipinski definition) is 2. The molecule has 0 aliphatic carbocycles. The Morgan fingerprint density at radius 3 is 2.74 bits per heavy atom. The van der Waals surface area contributed by atoms with Gasteiger partial charge in [0.25, 0.3) is 0 Å². The van der Waals surface area contributed by atoms with Crippen LogP contribution in [0.25, 0.3) is 11.0 Å². The number of carbonyl (C=O) groups excluding carboxylic acids is 2. The minimum absolute atomic E-state index is 0.183. The standard InChI is InChI=1S/C29H31N5O4/c1-19-7-6-10-22(32-19)16-30-23-15-24-25(33-28(35)21-12-14-38-18-21)26(29(36)37-2)34(27(24)31-17-23)13-11-20-8-4-3-5-9-20/h3-10,15,17,21,30H,11-14,16,18H2,1-2H3,(H,33,35)/t21-/m0/s1. The van der Waals surface area contributed by atoms with Gasteiger partial charge in [-0.05, 0) is 43.5 Å². The maximum absolute atomic E-state index is 13.1. The number of rotatable bonds is 9. The van der Waals surface area contributed by atoms with Gasteiger partial charge in [-0.1, -0.05) is 36.4 Å². The second-order valence-electron chi connectivity index (χ2n) is 9.37. The molecule has 5 rings (SSSR count). The number of anilines is 2. The number of aryl methyl sites for hydroxylation is 3. The van der Waals surface area contributed by atoms with E-state index in [1.807, 2.05) is 66.1 Å². The molecule has 1 amide bonds. The summed E-state index contributed by atoms with van der Waals surface area (Å²) >= 11 is 0. The van der Waals surface area contributed by atoms with Crippen LogP contribution in [0.15, 0.2) is 60.8 Å². The number of carbonyl (C=O) groups is 2. The minimum Gasteiger partial charge on any atom is -0.464 e. The molecule has 1 aromatic carbocycles. The van der Waals surface area contributed by atoms with Crippen molar-refractivity contribution in [3.8, 4) is 0 Å². The lowest BCUT2D eigenvalue weighted by atomic mass is 10.1. The van der Waals surface area contributed by atoms with Gasteiger partial charge in [0, 0.05) is 24.2 Å². The van der Waals surface area contributed by atoms with Gasteiger partial charge >= 0.3 is 5.97 Å². The van der Waals surface area contributed by atoms with Crippen LogP contribution in [0.3, 0.4) is 0 Å². The van der Waals surface area contributed by atoms with Gasteiger partial charge in [-0.3, -0.25) is 9.78 Å². The number of ether oxygens (including phenoxy) is 2. The molecule has 0 radical (unpaired) electrons. The first-order valence-electron chi connectivity index (χ1n) is 12.7. The van der Waals surface area contributed by atoms with Crippen molar-refractivity contribution < 1.29 is 19.1 Å². The number of hydrogen-bond acceptors (Lipinski definition) is 7. The largest absolute Gasteiger partial charge is 0.464 e. The molecule has 0 bridgehead atoms. The van der Waals surface area contributed by atoms with Crippen LogP contribution in [0, 0.1) is 12.8 Å². The van der Waals surface area contributed by atoms with Gasteiger partial charge in [0.2, 0.25) is 5.91 Å². The van der Waals surface area contributed by atoms with Crippen LogP contribution in [-0.4, -0.2) is 46.7 Å². The van der Waals surface area contributed by atoms with Crippen LogP contribution in [0.2, 0.25) is 0 Å². The third-order valence-corrected chi connectivity index (χ3v) is 6.71. The Morgan fingerprint density at radius 2 is 2.00 bits per heavy atom. The molecule has 9 nitrogen and oxygen atoms in total. The van der Waals surface area contributed by atoms with Crippen molar-refractivity contribution in [2.24, 2.45) is 5.92 Å². The third kappa shape index (κ3) is 5.52. The van der Waals surface area contributed by atoms with Crippen LogP contribution in [0.1, 0.15) is 33.9 Å². The average Bonchev–Trinajstić information content (AvgIpc) is 3.58. The van der Waals surface area contributed by atoms with Crippen molar-refractivity contribution in [3.05, 3.63) is 83.4 Å². The van der Waals surface area contributed by atoms with E-state index >= 15 is 0 Å². The molecule has 2 N–H and O–H groups in total. The monoisotopic (exact) mass is 513 g/mol. The molecule has 1 aliphatic rings. The molecule has 9 heteroatoms. The van der Waals surface area contributed by atoms with Crippen molar-refractivity contribution in [3.63, 3.8) is 0 Å². The fourth-order valence-corrected chi connectivity index (χ4v) is 4.72. The summed E-state index contributed by atoms with van der Waals surface area (Å²) in [5.74, 6) is -0.991. The van der Waals surface area contributed by atoms with E-state index in [0.29, 0.717) is 55.9 Å². The van der Waals surface area contributed by atoms with Gasteiger partial charge in [0.1, 0.15) is 5.65 Å². The van der Waals surface area contributed by atoms with Crippen molar-refractivity contribution in [1.29, 1.82) is 0 Å². The lowest BCUT2D eigenvalue weighted by Gasteiger charge is -2.12. The predicted octanol–water partition coefficient (Wildman–Crippen LogP) is 4.36. The number of pyridine rings is 2. The van der Waals surface area contributed by atoms with Gasteiger partial charge in [-0.2, -0.15) is 0 Å². The fourth-order valence-electron chi connectivity index (χ4n) is 4.72. The Bertz CT molecular complexity index is 1440. The van der Waals surface area contributed by atoms with Gasteiger partial charge in [0.05, 0.1) is 49.4 Å². The quantitative estimate of drug-likeness (QED) is 0.320. The molecule has 4 heterocycles. The first-order valence-corrected chi connectivity index (χ1v) is 12.7. The highest BCUT2D eigenvalue weighted by Gasteiger charge is 2.29. The lowest BCUT2D eigenvalue weighted by Crippen LogP contribution is -2.24. The summed E-state index contributed by atoms with van der Waals surface area (Å²) < 4.78 is 12.4. The molecule has 38 heavy (non-hydrogen) atoms. The number of fused-ring (bicyclic) bond motifs is 1. The molecule has 0 saturated carbocycles.